The van der Waals surface area contributed by atoms with Crippen LogP contribution in [-0.4, -0.2) is 33.4 Å². The van der Waals surface area contributed by atoms with E-state index in [9.17, 15) is 8.42 Å². The van der Waals surface area contributed by atoms with Gasteiger partial charge in [0.1, 0.15) is 0 Å². The van der Waals surface area contributed by atoms with Crippen molar-refractivity contribution in [2.24, 2.45) is 0 Å². The average molecular weight is 282 g/mol. The SMILES string of the molecule is C=CCN(C)S(=O)(=O)c1cc(CNC)ccc1CC. The third-order valence-corrected chi connectivity index (χ3v) is 4.87. The van der Waals surface area contributed by atoms with Crippen molar-refractivity contribution in [2.75, 3.05) is 20.6 Å². The third kappa shape index (κ3) is 3.65. The molecule has 0 bridgehead atoms. The lowest BCUT2D eigenvalue weighted by Gasteiger charge is -2.18. The third-order valence-electron chi connectivity index (χ3n) is 2.97. The van der Waals surface area contributed by atoms with Crippen LogP contribution in [0.1, 0.15) is 18.1 Å². The Labute approximate surface area is 116 Å². The van der Waals surface area contributed by atoms with Gasteiger partial charge < -0.3 is 5.32 Å². The molecule has 0 saturated carbocycles. The van der Waals surface area contributed by atoms with Gasteiger partial charge in [0.05, 0.1) is 4.90 Å². The Morgan fingerprint density at radius 2 is 2.11 bits per heavy atom. The molecule has 19 heavy (non-hydrogen) atoms. The van der Waals surface area contributed by atoms with Gasteiger partial charge in [0, 0.05) is 20.1 Å². The van der Waals surface area contributed by atoms with Crippen LogP contribution in [0.15, 0.2) is 35.7 Å². The minimum Gasteiger partial charge on any atom is -0.316 e. The van der Waals surface area contributed by atoms with Crippen molar-refractivity contribution in [3.63, 3.8) is 0 Å². The Kier molecular flexibility index (Phi) is 5.72. The lowest BCUT2D eigenvalue weighted by molar-refractivity contribution is 0.498. The van der Waals surface area contributed by atoms with Crippen LogP contribution >= 0.6 is 0 Å². The van der Waals surface area contributed by atoms with Gasteiger partial charge >= 0.3 is 0 Å². The Bertz CT molecular complexity index is 538. The molecule has 0 aromatic heterocycles. The van der Waals surface area contributed by atoms with Crippen LogP contribution in [0.5, 0.6) is 0 Å². The molecule has 0 amide bonds. The first kappa shape index (κ1) is 15.9. The minimum atomic E-state index is -3.45. The second kappa shape index (κ2) is 6.84. The zero-order chi connectivity index (χ0) is 14.5. The van der Waals surface area contributed by atoms with Crippen molar-refractivity contribution in [2.45, 2.75) is 24.8 Å². The van der Waals surface area contributed by atoms with Gasteiger partial charge in [-0.05, 0) is 30.7 Å². The Morgan fingerprint density at radius 3 is 2.63 bits per heavy atom. The summed E-state index contributed by atoms with van der Waals surface area (Å²) in [5.41, 5.74) is 1.81. The smallest absolute Gasteiger partial charge is 0.243 e. The molecule has 0 aliphatic rings. The molecule has 0 saturated heterocycles. The van der Waals surface area contributed by atoms with E-state index in [0.29, 0.717) is 24.4 Å². The van der Waals surface area contributed by atoms with Gasteiger partial charge in [0.15, 0.2) is 0 Å². The van der Waals surface area contributed by atoms with Crippen molar-refractivity contribution >= 4 is 10.0 Å². The van der Waals surface area contributed by atoms with Gasteiger partial charge in [-0.3, -0.25) is 0 Å². The van der Waals surface area contributed by atoms with Crippen LogP contribution in [-0.2, 0) is 23.0 Å². The fourth-order valence-corrected chi connectivity index (χ4v) is 3.37. The molecule has 4 nitrogen and oxygen atoms in total. The first-order valence-electron chi connectivity index (χ1n) is 6.31. The molecule has 1 aromatic rings. The number of hydrogen-bond donors (Lipinski definition) is 1. The number of likely N-dealkylation sites (N-methyl/N-ethyl adjacent to an activating group) is 1. The first-order valence-corrected chi connectivity index (χ1v) is 7.75. The molecule has 0 atom stereocenters. The van der Waals surface area contributed by atoms with Crippen molar-refractivity contribution in [3.8, 4) is 0 Å². The highest BCUT2D eigenvalue weighted by Gasteiger charge is 2.22. The monoisotopic (exact) mass is 282 g/mol. The maximum atomic E-state index is 12.5. The fourth-order valence-electron chi connectivity index (χ4n) is 1.89. The normalized spacial score (nSPS) is 11.8. The van der Waals surface area contributed by atoms with E-state index in [1.807, 2.05) is 26.1 Å². The van der Waals surface area contributed by atoms with Crippen LogP contribution in [0.3, 0.4) is 0 Å². The molecule has 0 heterocycles. The number of nitrogens with one attached hydrogen (secondary N) is 1. The summed E-state index contributed by atoms with van der Waals surface area (Å²) in [5.74, 6) is 0. The average Bonchev–Trinajstić information content (AvgIpc) is 2.39. The molecule has 1 rings (SSSR count). The largest absolute Gasteiger partial charge is 0.316 e. The molecular formula is C14H22N2O2S. The minimum absolute atomic E-state index is 0.307. The molecule has 0 aliphatic carbocycles. The summed E-state index contributed by atoms with van der Waals surface area (Å²) >= 11 is 0. The van der Waals surface area contributed by atoms with E-state index in [4.69, 9.17) is 0 Å². The Balaban J connectivity index is 3.29. The van der Waals surface area contributed by atoms with Gasteiger partial charge in [0.25, 0.3) is 0 Å². The molecule has 0 unspecified atom stereocenters. The topological polar surface area (TPSA) is 49.4 Å². The van der Waals surface area contributed by atoms with Crippen molar-refractivity contribution in [1.82, 2.24) is 9.62 Å². The zero-order valence-electron chi connectivity index (χ0n) is 11.8. The molecule has 5 heteroatoms. The molecule has 0 radical (unpaired) electrons. The van der Waals surface area contributed by atoms with E-state index >= 15 is 0 Å². The summed E-state index contributed by atoms with van der Waals surface area (Å²) in [6.07, 6.45) is 2.27. The van der Waals surface area contributed by atoms with E-state index in [2.05, 4.69) is 11.9 Å². The van der Waals surface area contributed by atoms with Crippen LogP contribution in [0.2, 0.25) is 0 Å². The second-order valence-electron chi connectivity index (χ2n) is 4.40. The summed E-state index contributed by atoms with van der Waals surface area (Å²) in [5, 5.41) is 3.03. The van der Waals surface area contributed by atoms with E-state index in [1.165, 1.54) is 4.31 Å². The van der Waals surface area contributed by atoms with Gasteiger partial charge in [0.2, 0.25) is 10.0 Å². The highest BCUT2D eigenvalue weighted by Crippen LogP contribution is 2.21. The van der Waals surface area contributed by atoms with Gasteiger partial charge in [-0.25, -0.2) is 8.42 Å². The molecule has 1 N–H and O–H groups in total. The molecule has 0 aliphatic heterocycles. The van der Waals surface area contributed by atoms with Crippen LogP contribution in [0.4, 0.5) is 0 Å². The molecule has 106 valence electrons. The van der Waals surface area contributed by atoms with Crippen molar-refractivity contribution < 1.29 is 8.42 Å². The van der Waals surface area contributed by atoms with E-state index in [0.717, 1.165) is 11.1 Å². The Morgan fingerprint density at radius 1 is 1.42 bits per heavy atom. The van der Waals surface area contributed by atoms with Gasteiger partial charge in [-0.2, -0.15) is 4.31 Å². The highest BCUT2D eigenvalue weighted by atomic mass is 32.2. The molecular weight excluding hydrogens is 260 g/mol. The quantitative estimate of drug-likeness (QED) is 0.776. The lowest BCUT2D eigenvalue weighted by Crippen LogP contribution is -2.28. The van der Waals surface area contributed by atoms with Crippen molar-refractivity contribution in [1.29, 1.82) is 0 Å². The lowest BCUT2D eigenvalue weighted by atomic mass is 10.1. The number of sulfonamides is 1. The molecule has 0 fully saturated rings. The Hall–Kier alpha value is -1.17. The van der Waals surface area contributed by atoms with Crippen LogP contribution in [0, 0.1) is 0 Å². The van der Waals surface area contributed by atoms with Crippen molar-refractivity contribution in [3.05, 3.63) is 42.0 Å². The van der Waals surface area contributed by atoms with E-state index in [-0.39, 0.29) is 0 Å². The van der Waals surface area contributed by atoms with Crippen LogP contribution in [0.25, 0.3) is 0 Å². The fraction of sp³-hybridized carbons (Fsp3) is 0.429. The number of hydrogen-bond acceptors (Lipinski definition) is 3. The van der Waals surface area contributed by atoms with Gasteiger partial charge in [-0.1, -0.05) is 25.1 Å². The molecule has 1 aromatic carbocycles. The highest BCUT2D eigenvalue weighted by molar-refractivity contribution is 7.89. The maximum absolute atomic E-state index is 12.5. The standard InChI is InChI=1S/C14H22N2O2S/c1-5-9-16(4)19(17,18)14-10-12(11-15-3)7-8-13(14)6-2/h5,7-8,10,15H,1,6,9,11H2,2-4H3. The van der Waals surface area contributed by atoms with Crippen LogP contribution < -0.4 is 5.32 Å². The second-order valence-corrected chi connectivity index (χ2v) is 6.41. The summed E-state index contributed by atoms with van der Waals surface area (Å²) in [4.78, 5) is 0.395. The number of nitrogens with zero attached hydrogens (tertiary/aromatic N) is 1. The predicted octanol–water partition coefficient (Wildman–Crippen LogP) is 1.77. The first-order chi connectivity index (χ1) is 8.97. The van der Waals surface area contributed by atoms with E-state index in [1.54, 1.807) is 19.2 Å². The number of benzene rings is 1. The summed E-state index contributed by atoms with van der Waals surface area (Å²) in [6, 6.07) is 5.60. The van der Waals surface area contributed by atoms with Gasteiger partial charge in [-0.15, -0.1) is 6.58 Å². The zero-order valence-corrected chi connectivity index (χ0v) is 12.6. The van der Waals surface area contributed by atoms with E-state index < -0.39 is 10.0 Å². The summed E-state index contributed by atoms with van der Waals surface area (Å²) in [6.45, 7) is 6.50. The number of rotatable bonds is 7. The maximum Gasteiger partial charge on any atom is 0.243 e. The summed E-state index contributed by atoms with van der Waals surface area (Å²) < 4.78 is 26.3. The molecule has 0 spiro atoms. The predicted molar refractivity (Wildman–Crippen MR) is 78.6 cm³/mol. The number of aryl methyl sites for hydroxylation is 1. The summed E-state index contributed by atoms with van der Waals surface area (Å²) in [7, 11) is -0.0407.